The van der Waals surface area contributed by atoms with E-state index in [1.165, 1.54) is 0 Å². The van der Waals surface area contributed by atoms with Crippen LogP contribution < -0.4 is 10.6 Å². The third kappa shape index (κ3) is 2.12. The van der Waals surface area contributed by atoms with Gasteiger partial charge in [-0.2, -0.15) is 0 Å². The Morgan fingerprint density at radius 2 is 1.88 bits per heavy atom. The van der Waals surface area contributed by atoms with Crippen molar-refractivity contribution in [1.29, 1.82) is 0 Å². The Morgan fingerprint density at radius 1 is 1.24 bits per heavy atom. The molecule has 4 nitrogen and oxygen atoms in total. The van der Waals surface area contributed by atoms with Gasteiger partial charge in [0.25, 0.3) is 0 Å². The van der Waals surface area contributed by atoms with E-state index in [1.54, 1.807) is 0 Å². The lowest BCUT2D eigenvalue weighted by Crippen LogP contribution is -2.59. The second-order valence-electron chi connectivity index (χ2n) is 5.73. The van der Waals surface area contributed by atoms with Crippen LogP contribution >= 0.6 is 0 Å². The van der Waals surface area contributed by atoms with Gasteiger partial charge >= 0.3 is 6.03 Å². The Balaban J connectivity index is 2.43. The maximum absolute atomic E-state index is 11.8. The minimum Gasteiger partial charge on any atom is -0.330 e. The van der Waals surface area contributed by atoms with Crippen molar-refractivity contribution in [3.63, 3.8) is 0 Å². The summed E-state index contributed by atoms with van der Waals surface area (Å²) in [5.74, 6) is -0.500. The van der Waals surface area contributed by atoms with Crippen molar-refractivity contribution in [3.05, 3.63) is 23.3 Å². The van der Waals surface area contributed by atoms with Gasteiger partial charge < -0.3 is 5.32 Å². The molecule has 0 bridgehead atoms. The monoisotopic (exact) mass is 234 g/mol. The van der Waals surface area contributed by atoms with Gasteiger partial charge in [-0.15, -0.1) is 0 Å². The SMILES string of the molecule is CC1=CC2C(=O)NC(=O)NC2C(C(C)(C)C)=C1. The number of rotatable bonds is 0. The average molecular weight is 234 g/mol. The zero-order valence-corrected chi connectivity index (χ0v) is 10.6. The molecule has 2 rings (SSSR count). The highest BCUT2D eigenvalue weighted by molar-refractivity contribution is 6.00. The number of hydrogen-bond donors (Lipinski definition) is 2. The maximum atomic E-state index is 11.8. The molecule has 0 aromatic rings. The van der Waals surface area contributed by atoms with Crippen LogP contribution in [-0.4, -0.2) is 18.0 Å². The van der Waals surface area contributed by atoms with Crippen molar-refractivity contribution in [2.75, 3.05) is 0 Å². The molecule has 1 saturated heterocycles. The molecular formula is C13H18N2O2. The lowest BCUT2D eigenvalue weighted by Gasteiger charge is -2.39. The van der Waals surface area contributed by atoms with Crippen molar-refractivity contribution < 1.29 is 9.59 Å². The van der Waals surface area contributed by atoms with Crippen molar-refractivity contribution in [1.82, 2.24) is 10.6 Å². The molecule has 0 aromatic heterocycles. The Hall–Kier alpha value is -1.58. The summed E-state index contributed by atoms with van der Waals surface area (Å²) in [6, 6.07) is -0.612. The molecule has 92 valence electrons. The molecule has 0 saturated carbocycles. The predicted molar refractivity (Wildman–Crippen MR) is 65.2 cm³/mol. The van der Waals surface area contributed by atoms with Crippen LogP contribution in [0.15, 0.2) is 23.3 Å². The molecule has 2 aliphatic rings. The molecule has 1 heterocycles. The first kappa shape index (κ1) is 11.9. The van der Waals surface area contributed by atoms with E-state index in [1.807, 2.05) is 13.0 Å². The standard InChI is InChI=1S/C13H18N2O2/c1-7-5-8-10(9(6-7)13(2,3)4)14-12(17)15-11(8)16/h5-6,8,10H,1-4H3,(H2,14,15,16,17). The first-order valence-corrected chi connectivity index (χ1v) is 5.81. The largest absolute Gasteiger partial charge is 0.330 e. The summed E-state index contributed by atoms with van der Waals surface area (Å²) in [6.07, 6.45) is 3.98. The van der Waals surface area contributed by atoms with E-state index in [2.05, 4.69) is 37.5 Å². The number of urea groups is 1. The Morgan fingerprint density at radius 3 is 2.47 bits per heavy atom. The number of fused-ring (bicyclic) bond motifs is 1. The van der Waals surface area contributed by atoms with Gasteiger partial charge in [-0.25, -0.2) is 4.79 Å². The number of carbonyl (C=O) groups excluding carboxylic acids is 2. The molecule has 2 atom stereocenters. The van der Waals surface area contributed by atoms with Crippen molar-refractivity contribution in [3.8, 4) is 0 Å². The second kappa shape index (κ2) is 3.72. The molecule has 1 aliphatic heterocycles. The van der Waals surface area contributed by atoms with E-state index in [0.29, 0.717) is 0 Å². The molecule has 0 spiro atoms. The lowest BCUT2D eigenvalue weighted by molar-refractivity contribution is -0.124. The van der Waals surface area contributed by atoms with Crippen molar-refractivity contribution in [2.24, 2.45) is 11.3 Å². The lowest BCUT2D eigenvalue weighted by atomic mass is 9.73. The Kier molecular flexibility index (Phi) is 2.60. The number of allylic oxidation sites excluding steroid dienone is 2. The Bertz CT molecular complexity index is 441. The van der Waals surface area contributed by atoms with Crippen LogP contribution in [-0.2, 0) is 4.79 Å². The molecule has 1 fully saturated rings. The van der Waals surface area contributed by atoms with Crippen molar-refractivity contribution in [2.45, 2.75) is 33.7 Å². The summed E-state index contributed by atoms with van der Waals surface area (Å²) < 4.78 is 0. The van der Waals surface area contributed by atoms with Gasteiger partial charge in [0.05, 0.1) is 12.0 Å². The van der Waals surface area contributed by atoms with Gasteiger partial charge in [-0.05, 0) is 17.9 Å². The molecule has 4 heteroatoms. The molecule has 17 heavy (non-hydrogen) atoms. The van der Waals surface area contributed by atoms with Crippen LogP contribution in [0.1, 0.15) is 27.7 Å². The smallest absolute Gasteiger partial charge is 0.321 e. The molecule has 0 radical (unpaired) electrons. The van der Waals surface area contributed by atoms with Crippen LogP contribution in [0.5, 0.6) is 0 Å². The fourth-order valence-electron chi connectivity index (χ4n) is 2.41. The highest BCUT2D eigenvalue weighted by atomic mass is 16.2. The summed E-state index contributed by atoms with van der Waals surface area (Å²) in [4.78, 5) is 23.2. The second-order valence-corrected chi connectivity index (χ2v) is 5.73. The number of nitrogens with one attached hydrogen (secondary N) is 2. The summed E-state index contributed by atoms with van der Waals surface area (Å²) in [5.41, 5.74) is 2.11. The minimum absolute atomic E-state index is 0.0661. The van der Waals surface area contributed by atoms with E-state index in [-0.39, 0.29) is 23.3 Å². The maximum Gasteiger partial charge on any atom is 0.321 e. The van der Waals surface area contributed by atoms with E-state index in [9.17, 15) is 9.59 Å². The van der Waals surface area contributed by atoms with Crippen LogP contribution in [0.3, 0.4) is 0 Å². The summed E-state index contributed by atoms with van der Waals surface area (Å²) in [5, 5.41) is 5.15. The van der Waals surface area contributed by atoms with Crippen molar-refractivity contribution >= 4 is 11.9 Å². The quantitative estimate of drug-likeness (QED) is 0.670. The van der Waals surface area contributed by atoms with E-state index < -0.39 is 6.03 Å². The topological polar surface area (TPSA) is 58.2 Å². The van der Waals surface area contributed by atoms with Gasteiger partial charge in [-0.1, -0.05) is 38.5 Å². The first-order valence-electron chi connectivity index (χ1n) is 5.81. The molecule has 2 N–H and O–H groups in total. The highest BCUT2D eigenvalue weighted by Gasteiger charge is 2.41. The molecule has 1 aliphatic carbocycles. The van der Waals surface area contributed by atoms with Crippen LogP contribution in [0.25, 0.3) is 0 Å². The van der Waals surface area contributed by atoms with Gasteiger partial charge in [0.15, 0.2) is 0 Å². The number of imide groups is 1. The van der Waals surface area contributed by atoms with E-state index >= 15 is 0 Å². The third-order valence-electron chi connectivity index (χ3n) is 3.21. The van der Waals surface area contributed by atoms with Crippen LogP contribution in [0.4, 0.5) is 4.79 Å². The molecule has 2 unspecified atom stereocenters. The Labute approximate surface area is 101 Å². The fourth-order valence-corrected chi connectivity index (χ4v) is 2.41. The number of amides is 3. The van der Waals surface area contributed by atoms with Crippen LogP contribution in [0, 0.1) is 11.3 Å². The van der Waals surface area contributed by atoms with Gasteiger partial charge in [0.1, 0.15) is 0 Å². The van der Waals surface area contributed by atoms with Gasteiger partial charge in [0, 0.05) is 0 Å². The predicted octanol–water partition coefficient (Wildman–Crippen LogP) is 1.74. The summed E-state index contributed by atoms with van der Waals surface area (Å²) in [6.45, 7) is 8.25. The van der Waals surface area contributed by atoms with Gasteiger partial charge in [0.2, 0.25) is 5.91 Å². The molecule has 0 aromatic carbocycles. The number of hydrogen-bond acceptors (Lipinski definition) is 2. The average Bonchev–Trinajstić information content (AvgIpc) is 2.16. The first-order chi connectivity index (χ1) is 7.79. The summed E-state index contributed by atoms with van der Waals surface area (Å²) >= 11 is 0. The number of carbonyl (C=O) groups is 2. The molecular weight excluding hydrogens is 216 g/mol. The van der Waals surface area contributed by atoms with Gasteiger partial charge in [-0.3, -0.25) is 10.1 Å². The van der Waals surface area contributed by atoms with Crippen LogP contribution in [0.2, 0.25) is 0 Å². The molecule has 3 amide bonds. The minimum atomic E-state index is -0.403. The normalized spacial score (nSPS) is 28.7. The zero-order chi connectivity index (χ0) is 12.8. The fraction of sp³-hybridized carbons (Fsp3) is 0.538. The van der Waals surface area contributed by atoms with E-state index in [4.69, 9.17) is 0 Å². The van der Waals surface area contributed by atoms with E-state index in [0.717, 1.165) is 11.1 Å². The summed E-state index contributed by atoms with van der Waals surface area (Å²) in [7, 11) is 0. The highest BCUT2D eigenvalue weighted by Crippen LogP contribution is 2.36. The zero-order valence-electron chi connectivity index (χ0n) is 10.6. The third-order valence-corrected chi connectivity index (χ3v) is 3.21.